The Morgan fingerprint density at radius 1 is 1.04 bits per heavy atom. The van der Waals surface area contributed by atoms with Gasteiger partial charge in [0.1, 0.15) is 5.75 Å². The Bertz CT molecular complexity index is 756. The molecule has 26 heavy (non-hydrogen) atoms. The van der Waals surface area contributed by atoms with Crippen molar-refractivity contribution in [3.8, 4) is 5.75 Å². The van der Waals surface area contributed by atoms with Crippen LogP contribution >= 0.6 is 0 Å². The number of hydrogen-bond acceptors (Lipinski definition) is 3. The van der Waals surface area contributed by atoms with Gasteiger partial charge in [0.2, 0.25) is 0 Å². The Morgan fingerprint density at radius 2 is 1.69 bits per heavy atom. The van der Waals surface area contributed by atoms with Crippen molar-refractivity contribution < 1.29 is 14.3 Å². The van der Waals surface area contributed by atoms with Gasteiger partial charge in [-0.15, -0.1) is 0 Å². The molecule has 0 fully saturated rings. The zero-order chi connectivity index (χ0) is 19.1. The van der Waals surface area contributed by atoms with Crippen molar-refractivity contribution in [3.63, 3.8) is 0 Å². The van der Waals surface area contributed by atoms with Crippen LogP contribution < -0.4 is 15.4 Å². The van der Waals surface area contributed by atoms with Gasteiger partial charge in [0.05, 0.1) is 0 Å². The minimum Gasteiger partial charge on any atom is -0.481 e. The van der Waals surface area contributed by atoms with Crippen LogP contribution in [0.5, 0.6) is 5.75 Å². The third-order valence-electron chi connectivity index (χ3n) is 4.38. The summed E-state index contributed by atoms with van der Waals surface area (Å²) < 4.78 is 5.91. The molecule has 2 aromatic rings. The van der Waals surface area contributed by atoms with Crippen LogP contribution in [0.25, 0.3) is 0 Å². The topological polar surface area (TPSA) is 67.4 Å². The predicted octanol–water partition coefficient (Wildman–Crippen LogP) is 3.97. The van der Waals surface area contributed by atoms with E-state index in [9.17, 15) is 9.59 Å². The highest BCUT2D eigenvalue weighted by Crippen LogP contribution is 2.29. The van der Waals surface area contributed by atoms with E-state index in [1.807, 2.05) is 24.3 Å². The maximum absolute atomic E-state index is 12.4. The molecule has 2 unspecified atom stereocenters. The summed E-state index contributed by atoms with van der Waals surface area (Å²) in [5.41, 5.74) is 2.26. The molecule has 2 amide bonds. The van der Waals surface area contributed by atoms with Crippen LogP contribution in [0.2, 0.25) is 0 Å². The van der Waals surface area contributed by atoms with Gasteiger partial charge in [0.15, 0.2) is 6.10 Å². The van der Waals surface area contributed by atoms with Gasteiger partial charge in [-0.1, -0.05) is 32.0 Å². The quantitative estimate of drug-likeness (QED) is 0.791. The average Bonchev–Trinajstić information content (AvgIpc) is 2.67. The third-order valence-corrected chi connectivity index (χ3v) is 4.38. The Labute approximate surface area is 154 Å². The maximum Gasteiger partial charge on any atom is 0.265 e. The van der Waals surface area contributed by atoms with Crippen molar-refractivity contribution >= 4 is 17.5 Å². The molecule has 0 saturated heterocycles. The molecule has 2 aromatic carbocycles. The number of carbonyl (C=O) groups is 2. The second-order valence-corrected chi connectivity index (χ2v) is 6.25. The smallest absolute Gasteiger partial charge is 0.265 e. The molecule has 138 valence electrons. The van der Waals surface area contributed by atoms with E-state index >= 15 is 0 Å². The molecule has 0 aliphatic carbocycles. The third kappa shape index (κ3) is 4.85. The summed E-state index contributed by atoms with van der Waals surface area (Å²) in [6.45, 7) is 5.99. The van der Waals surface area contributed by atoms with E-state index in [4.69, 9.17) is 4.74 Å². The highest BCUT2D eigenvalue weighted by molar-refractivity contribution is 5.96. The fourth-order valence-corrected chi connectivity index (χ4v) is 2.55. The normalized spacial score (nSPS) is 12.8. The van der Waals surface area contributed by atoms with Gasteiger partial charge in [-0.2, -0.15) is 0 Å². The highest BCUT2D eigenvalue weighted by Gasteiger charge is 2.18. The largest absolute Gasteiger partial charge is 0.481 e. The summed E-state index contributed by atoms with van der Waals surface area (Å²) >= 11 is 0. The second-order valence-electron chi connectivity index (χ2n) is 6.25. The van der Waals surface area contributed by atoms with E-state index < -0.39 is 6.10 Å². The minimum absolute atomic E-state index is 0.166. The molecule has 2 N–H and O–H groups in total. The van der Waals surface area contributed by atoms with Gasteiger partial charge in [-0.05, 0) is 55.2 Å². The van der Waals surface area contributed by atoms with Gasteiger partial charge in [-0.3, -0.25) is 9.59 Å². The number of ether oxygens (including phenoxy) is 1. The fraction of sp³-hybridized carbons (Fsp3) is 0.333. The fourth-order valence-electron chi connectivity index (χ4n) is 2.55. The van der Waals surface area contributed by atoms with Crippen molar-refractivity contribution in [2.75, 3.05) is 12.4 Å². The van der Waals surface area contributed by atoms with E-state index in [2.05, 4.69) is 24.5 Å². The Hall–Kier alpha value is -2.82. The molecule has 0 saturated carbocycles. The number of nitrogens with one attached hydrogen (secondary N) is 2. The molecule has 0 radical (unpaired) electrons. The molecule has 0 aliphatic heterocycles. The molecule has 0 heterocycles. The number of amides is 2. The molecule has 2 atom stereocenters. The van der Waals surface area contributed by atoms with E-state index in [-0.39, 0.29) is 11.8 Å². The summed E-state index contributed by atoms with van der Waals surface area (Å²) in [5.74, 6) is 0.691. The zero-order valence-corrected chi connectivity index (χ0v) is 15.7. The summed E-state index contributed by atoms with van der Waals surface area (Å²) in [7, 11) is 1.58. The highest BCUT2D eigenvalue weighted by atomic mass is 16.5. The molecule has 5 heteroatoms. The van der Waals surface area contributed by atoms with Crippen molar-refractivity contribution in [2.24, 2.45) is 0 Å². The second kappa shape index (κ2) is 9.04. The molecular formula is C21H26N2O3. The van der Waals surface area contributed by atoms with Crippen LogP contribution in [0.1, 0.15) is 49.0 Å². The monoisotopic (exact) mass is 354 g/mol. The van der Waals surface area contributed by atoms with E-state index in [1.54, 1.807) is 38.2 Å². The minimum atomic E-state index is -0.640. The SMILES string of the molecule is CCC(C)c1ccccc1OC(C)C(=O)Nc1ccc(C(=O)NC)cc1. The Morgan fingerprint density at radius 3 is 2.31 bits per heavy atom. The Balaban J connectivity index is 2.03. The van der Waals surface area contributed by atoms with Crippen LogP contribution in [0.3, 0.4) is 0 Å². The lowest BCUT2D eigenvalue weighted by Crippen LogP contribution is -2.30. The number of rotatable bonds is 7. The first-order chi connectivity index (χ1) is 12.5. The van der Waals surface area contributed by atoms with E-state index in [0.29, 0.717) is 17.2 Å². The first-order valence-corrected chi connectivity index (χ1v) is 8.84. The molecule has 0 bridgehead atoms. The van der Waals surface area contributed by atoms with Crippen molar-refractivity contribution in [1.82, 2.24) is 5.32 Å². The molecule has 0 aliphatic rings. The van der Waals surface area contributed by atoms with Gasteiger partial charge < -0.3 is 15.4 Å². The number of anilines is 1. The number of carbonyl (C=O) groups excluding carboxylic acids is 2. The van der Waals surface area contributed by atoms with Gasteiger partial charge in [0.25, 0.3) is 11.8 Å². The molecular weight excluding hydrogens is 328 g/mol. The van der Waals surface area contributed by atoms with E-state index in [0.717, 1.165) is 17.7 Å². The number of benzene rings is 2. The van der Waals surface area contributed by atoms with Crippen LogP contribution in [-0.4, -0.2) is 25.0 Å². The molecule has 5 nitrogen and oxygen atoms in total. The van der Waals surface area contributed by atoms with Crippen LogP contribution in [0.4, 0.5) is 5.69 Å². The first-order valence-electron chi connectivity index (χ1n) is 8.84. The zero-order valence-electron chi connectivity index (χ0n) is 15.7. The lowest BCUT2D eigenvalue weighted by atomic mass is 9.98. The van der Waals surface area contributed by atoms with E-state index in [1.165, 1.54) is 0 Å². The van der Waals surface area contributed by atoms with Gasteiger partial charge in [0, 0.05) is 18.3 Å². The molecule has 0 spiro atoms. The standard InChI is InChI=1S/C21H26N2O3/c1-5-14(2)18-8-6-7-9-19(18)26-15(3)20(24)23-17-12-10-16(11-13-17)21(25)22-4/h6-15H,5H2,1-4H3,(H,22,25)(H,23,24). The van der Waals surface area contributed by atoms with Crippen LogP contribution in [-0.2, 0) is 4.79 Å². The van der Waals surface area contributed by atoms with Crippen molar-refractivity contribution in [3.05, 3.63) is 59.7 Å². The summed E-state index contributed by atoms with van der Waals surface area (Å²) in [5, 5.41) is 5.37. The Kier molecular flexibility index (Phi) is 6.78. The number of hydrogen-bond donors (Lipinski definition) is 2. The van der Waals surface area contributed by atoms with Gasteiger partial charge in [-0.25, -0.2) is 0 Å². The average molecular weight is 354 g/mol. The summed E-state index contributed by atoms with van der Waals surface area (Å²) in [6.07, 6.45) is 0.359. The van der Waals surface area contributed by atoms with Gasteiger partial charge >= 0.3 is 0 Å². The first kappa shape index (κ1) is 19.5. The van der Waals surface area contributed by atoms with Crippen molar-refractivity contribution in [2.45, 2.75) is 39.2 Å². The lowest BCUT2D eigenvalue weighted by Gasteiger charge is -2.19. The van der Waals surface area contributed by atoms with Crippen LogP contribution in [0.15, 0.2) is 48.5 Å². The maximum atomic E-state index is 12.4. The number of para-hydroxylation sites is 1. The molecule has 0 aromatic heterocycles. The predicted molar refractivity (Wildman–Crippen MR) is 104 cm³/mol. The van der Waals surface area contributed by atoms with Crippen LogP contribution in [0, 0.1) is 0 Å². The lowest BCUT2D eigenvalue weighted by molar-refractivity contribution is -0.122. The van der Waals surface area contributed by atoms with Crippen molar-refractivity contribution in [1.29, 1.82) is 0 Å². The molecule has 2 rings (SSSR count). The summed E-state index contributed by atoms with van der Waals surface area (Å²) in [4.78, 5) is 24.0. The summed E-state index contributed by atoms with van der Waals surface area (Å²) in [6, 6.07) is 14.5.